The van der Waals surface area contributed by atoms with Crippen molar-refractivity contribution >= 4 is 37.3 Å². The van der Waals surface area contributed by atoms with E-state index in [-0.39, 0.29) is 11.9 Å². The first-order chi connectivity index (χ1) is 20.4. The number of hydrogen-bond acceptors (Lipinski definition) is 10. The quantitative estimate of drug-likeness (QED) is 0.0348. The number of hydrogen-bond donors (Lipinski definition) is 0. The van der Waals surface area contributed by atoms with Gasteiger partial charge in [0.05, 0.1) is 20.3 Å². The van der Waals surface area contributed by atoms with E-state index >= 15 is 0 Å². The van der Waals surface area contributed by atoms with Gasteiger partial charge in [-0.25, -0.2) is 0 Å². The van der Waals surface area contributed by atoms with Crippen LogP contribution in [0.4, 0.5) is 0 Å². The maximum Gasteiger partial charge on any atom is 0.500 e. The summed E-state index contributed by atoms with van der Waals surface area (Å²) < 4.78 is 39.0. The molecule has 0 heterocycles. The van der Waals surface area contributed by atoms with Gasteiger partial charge in [0.15, 0.2) is 0 Å². The molecular weight excluding hydrogens is 576 g/mol. The first-order valence-electron chi connectivity index (χ1n) is 15.6. The molecule has 42 heavy (non-hydrogen) atoms. The lowest BCUT2D eigenvalue weighted by Crippen LogP contribution is -2.42. The molecule has 0 aromatic carbocycles. The zero-order valence-electron chi connectivity index (χ0n) is 27.6. The van der Waals surface area contributed by atoms with Crippen molar-refractivity contribution in [2.45, 2.75) is 129 Å². The smallest absolute Gasteiger partial charge is 0.471 e. The van der Waals surface area contributed by atoms with Crippen molar-refractivity contribution < 1.29 is 46.3 Å². The van der Waals surface area contributed by atoms with Gasteiger partial charge in [0.25, 0.3) is 6.47 Å². The molecular formula is C30H62O10Si2. The number of unbranched alkanes of at least 4 members (excludes halogenated alkanes) is 8. The highest BCUT2D eigenvalue weighted by Gasteiger charge is 2.36. The second-order valence-electron chi connectivity index (χ2n) is 10.1. The lowest BCUT2D eigenvalue weighted by Gasteiger charge is -2.24. The first-order valence-corrected chi connectivity index (χ1v) is 18.1. The minimum absolute atomic E-state index is 0.0376. The molecule has 0 aliphatic heterocycles. The van der Waals surface area contributed by atoms with Gasteiger partial charge >= 0.3 is 20.7 Å². The van der Waals surface area contributed by atoms with Gasteiger partial charge in [-0.05, 0) is 44.4 Å². The van der Waals surface area contributed by atoms with Crippen LogP contribution in [0.3, 0.4) is 0 Å². The predicted molar refractivity (Wildman–Crippen MR) is 169 cm³/mol. The molecule has 0 amide bonds. The Kier molecular flexibility index (Phi) is 38.2. The molecule has 12 heteroatoms. The summed E-state index contributed by atoms with van der Waals surface area (Å²) in [5.41, 5.74) is 0. The molecule has 0 aliphatic rings. The lowest BCUT2D eigenvalue weighted by atomic mass is 9.93. The summed E-state index contributed by atoms with van der Waals surface area (Å²) in [6.07, 6.45) is 17.3. The van der Waals surface area contributed by atoms with Gasteiger partial charge in [-0.2, -0.15) is 0 Å². The molecule has 0 fully saturated rings. The highest BCUT2D eigenvalue weighted by molar-refractivity contribution is 6.60. The van der Waals surface area contributed by atoms with Crippen LogP contribution < -0.4 is 0 Å². The number of esters is 2. The average Bonchev–Trinajstić information content (AvgIpc) is 3.02. The predicted octanol–water partition coefficient (Wildman–Crippen LogP) is 5.99. The Morgan fingerprint density at radius 1 is 0.667 bits per heavy atom. The Labute approximate surface area is 260 Å². The second kappa shape index (κ2) is 35.7. The van der Waals surface area contributed by atoms with E-state index < -0.39 is 8.80 Å². The topological polar surface area (TPSA) is 124 Å². The van der Waals surface area contributed by atoms with Gasteiger partial charge in [-0.3, -0.25) is 14.4 Å². The summed E-state index contributed by atoms with van der Waals surface area (Å²) in [5.74, 6) is 0.605. The van der Waals surface area contributed by atoms with E-state index in [2.05, 4.69) is 18.6 Å². The zero-order valence-corrected chi connectivity index (χ0v) is 30.0. The fraction of sp³-hybridized carbons (Fsp3) is 0.900. The van der Waals surface area contributed by atoms with Gasteiger partial charge in [0.2, 0.25) is 10.1 Å². The van der Waals surface area contributed by atoms with Crippen LogP contribution in [0.1, 0.15) is 123 Å². The van der Waals surface area contributed by atoms with Gasteiger partial charge < -0.3 is 32.0 Å². The van der Waals surface area contributed by atoms with Gasteiger partial charge in [-0.1, -0.05) is 71.6 Å². The number of carbonyl (C=O) groups excluding carboxylic acids is 3. The standard InChI is InChI=1S/C28H56O7Si.C2H4O2.H2OSi/c1-6-8-12-21-27(29)34-23-16-11-9-10-13-19-26(7-2)20-14-17-24-35-28(30)22-15-18-25-36(31-3,32-4)33-5;1-4-2-3;1-2/h26H,6-25H2,1-5H3;2H,1H3;2H2. The summed E-state index contributed by atoms with van der Waals surface area (Å²) in [4.78, 5) is 32.5. The van der Waals surface area contributed by atoms with Crippen LogP contribution >= 0.6 is 0 Å². The summed E-state index contributed by atoms with van der Waals surface area (Å²) in [7, 11) is 4.21. The van der Waals surface area contributed by atoms with E-state index in [0.29, 0.717) is 48.7 Å². The highest BCUT2D eigenvalue weighted by Crippen LogP contribution is 2.21. The van der Waals surface area contributed by atoms with Crippen molar-refractivity contribution in [3.63, 3.8) is 0 Å². The Morgan fingerprint density at radius 3 is 1.55 bits per heavy atom. The van der Waals surface area contributed by atoms with Crippen molar-refractivity contribution in [1.82, 2.24) is 0 Å². The van der Waals surface area contributed by atoms with Crippen LogP contribution in [0.2, 0.25) is 6.04 Å². The van der Waals surface area contributed by atoms with Crippen LogP contribution in [0.5, 0.6) is 0 Å². The molecule has 0 saturated carbocycles. The molecule has 0 aromatic heterocycles. The molecule has 0 rings (SSSR count). The van der Waals surface area contributed by atoms with E-state index in [4.69, 9.17) is 32.0 Å². The molecule has 0 bridgehead atoms. The van der Waals surface area contributed by atoms with E-state index in [1.54, 1.807) is 21.3 Å². The molecule has 0 radical (unpaired) electrons. The molecule has 10 nitrogen and oxygen atoms in total. The summed E-state index contributed by atoms with van der Waals surface area (Å²) in [6.45, 7) is 5.88. The normalized spacial score (nSPS) is 11.3. The molecule has 0 N–H and O–H groups in total. The monoisotopic (exact) mass is 638 g/mol. The Hall–Kier alpha value is -1.48. The lowest BCUT2D eigenvalue weighted by molar-refractivity contribution is -0.144. The van der Waals surface area contributed by atoms with Crippen molar-refractivity contribution in [3.8, 4) is 0 Å². The van der Waals surface area contributed by atoms with Gasteiger partial charge in [-0.15, -0.1) is 0 Å². The SMILES string of the molecule is CCCCCC(=O)OCCCCCCCC(CC)CCCCOC(=O)CCCC[Si](OC)(OC)OC.COC=O.O=[SiH2]. The largest absolute Gasteiger partial charge is 0.500 e. The number of rotatable bonds is 27. The maximum atomic E-state index is 12.0. The van der Waals surface area contributed by atoms with Crippen LogP contribution in [-0.4, -0.2) is 79.0 Å². The van der Waals surface area contributed by atoms with Crippen LogP contribution in [-0.2, 0) is 46.3 Å². The van der Waals surface area contributed by atoms with Crippen molar-refractivity contribution in [2.24, 2.45) is 5.92 Å². The number of carbonyl (C=O) groups is 3. The van der Waals surface area contributed by atoms with E-state index in [1.165, 1.54) is 45.6 Å². The molecule has 0 spiro atoms. The Morgan fingerprint density at radius 2 is 1.10 bits per heavy atom. The minimum Gasteiger partial charge on any atom is -0.471 e. The molecule has 0 saturated heterocycles. The Balaban J connectivity index is -0.00000232. The third-order valence-electron chi connectivity index (χ3n) is 6.99. The van der Waals surface area contributed by atoms with E-state index in [0.717, 1.165) is 63.7 Å². The average molecular weight is 639 g/mol. The number of ether oxygens (including phenoxy) is 3. The third-order valence-corrected chi connectivity index (χ3v) is 9.83. The minimum atomic E-state index is -2.54. The molecule has 1 unspecified atom stereocenters. The van der Waals surface area contributed by atoms with E-state index in [1.807, 2.05) is 0 Å². The van der Waals surface area contributed by atoms with Crippen molar-refractivity contribution in [3.05, 3.63) is 0 Å². The third kappa shape index (κ3) is 30.0. The molecule has 0 aliphatic carbocycles. The van der Waals surface area contributed by atoms with Gasteiger partial charge in [0, 0.05) is 40.2 Å². The molecule has 1 atom stereocenters. The summed E-state index contributed by atoms with van der Waals surface area (Å²) >= 11 is 0. The fourth-order valence-electron chi connectivity index (χ4n) is 4.36. The zero-order chi connectivity index (χ0) is 32.3. The van der Waals surface area contributed by atoms with Crippen molar-refractivity contribution in [1.29, 1.82) is 0 Å². The summed E-state index contributed by atoms with van der Waals surface area (Å²) in [5, 5.41) is 0. The highest BCUT2D eigenvalue weighted by atomic mass is 28.4. The molecule has 250 valence electrons. The van der Waals surface area contributed by atoms with Crippen molar-refractivity contribution in [2.75, 3.05) is 41.7 Å². The fourth-order valence-corrected chi connectivity index (χ4v) is 6.15. The maximum absolute atomic E-state index is 12.0. The van der Waals surface area contributed by atoms with Gasteiger partial charge in [0.1, 0.15) is 0 Å². The first kappa shape index (κ1) is 45.0. The van der Waals surface area contributed by atoms with E-state index in [9.17, 15) is 9.59 Å². The summed E-state index contributed by atoms with van der Waals surface area (Å²) in [6, 6.07) is 0.705. The second-order valence-corrected chi connectivity index (χ2v) is 13.1. The Bertz CT molecular complexity index is 598. The van der Waals surface area contributed by atoms with Crippen LogP contribution in [0.25, 0.3) is 0 Å². The number of methoxy groups -OCH3 is 1. The molecule has 0 aromatic rings. The van der Waals surface area contributed by atoms with Crippen LogP contribution in [0, 0.1) is 5.92 Å². The van der Waals surface area contributed by atoms with Crippen LogP contribution in [0.15, 0.2) is 0 Å².